The molecule has 0 bridgehead atoms. The molecule has 2 aromatic rings. The van der Waals surface area contributed by atoms with Crippen LogP contribution in [0.4, 0.5) is 5.69 Å². The maximum atomic E-state index is 11.9. The first-order valence-electron chi connectivity index (χ1n) is 6.13. The largest absolute Gasteiger partial charge is 0.283 e. The maximum absolute atomic E-state index is 11.9. The third-order valence-corrected chi connectivity index (χ3v) is 4.08. The van der Waals surface area contributed by atoms with Gasteiger partial charge >= 0.3 is 0 Å². The Hall–Kier alpha value is -1.88. The average Bonchev–Trinajstić information content (AvgIpc) is 2.40. The van der Waals surface area contributed by atoms with E-state index in [1.807, 2.05) is 37.3 Å². The molecule has 1 heterocycles. The smallest absolute Gasteiger partial charge is 0.232 e. The monoisotopic (exact) mass is 276 g/mol. The average molecular weight is 276 g/mol. The molecule has 1 aromatic carbocycles. The van der Waals surface area contributed by atoms with Crippen LogP contribution < -0.4 is 4.72 Å². The van der Waals surface area contributed by atoms with Crippen LogP contribution in [0.2, 0.25) is 0 Å². The van der Waals surface area contributed by atoms with Gasteiger partial charge in [0.05, 0.1) is 17.1 Å². The molecule has 0 saturated heterocycles. The lowest BCUT2D eigenvalue weighted by Crippen LogP contribution is -2.16. The van der Waals surface area contributed by atoms with E-state index in [1.54, 1.807) is 18.3 Å². The molecule has 0 spiro atoms. The molecule has 0 radical (unpaired) electrons. The van der Waals surface area contributed by atoms with Crippen molar-refractivity contribution in [2.45, 2.75) is 13.3 Å². The summed E-state index contributed by atoms with van der Waals surface area (Å²) in [6.07, 6.45) is 2.27. The fraction of sp³-hybridized carbons (Fsp3) is 0.214. The van der Waals surface area contributed by atoms with Gasteiger partial charge in [0.25, 0.3) is 0 Å². The lowest BCUT2D eigenvalue weighted by Gasteiger charge is -2.11. The predicted molar refractivity (Wildman–Crippen MR) is 77.4 cm³/mol. The Morgan fingerprint density at radius 3 is 2.53 bits per heavy atom. The number of nitrogens with zero attached hydrogens (tertiary/aromatic N) is 1. The zero-order chi connectivity index (χ0) is 13.7. The highest BCUT2D eigenvalue weighted by atomic mass is 32.2. The van der Waals surface area contributed by atoms with Crippen LogP contribution in [-0.2, 0) is 10.0 Å². The van der Waals surface area contributed by atoms with Gasteiger partial charge in [-0.15, -0.1) is 0 Å². The van der Waals surface area contributed by atoms with E-state index >= 15 is 0 Å². The highest BCUT2D eigenvalue weighted by Gasteiger charge is 2.12. The minimum absolute atomic E-state index is 0.115. The van der Waals surface area contributed by atoms with E-state index < -0.39 is 10.0 Å². The van der Waals surface area contributed by atoms with E-state index in [0.717, 1.165) is 11.3 Å². The summed E-state index contributed by atoms with van der Waals surface area (Å²) in [5.74, 6) is 0.115. The number of benzene rings is 1. The van der Waals surface area contributed by atoms with E-state index in [4.69, 9.17) is 0 Å². The molecule has 0 aliphatic rings. The topological polar surface area (TPSA) is 59.1 Å². The first kappa shape index (κ1) is 13.5. The van der Waals surface area contributed by atoms with Crippen molar-refractivity contribution >= 4 is 15.7 Å². The van der Waals surface area contributed by atoms with E-state index in [0.29, 0.717) is 12.1 Å². The summed E-state index contributed by atoms with van der Waals surface area (Å²) >= 11 is 0. The number of hydrogen-bond donors (Lipinski definition) is 1. The number of aromatic nitrogens is 1. The molecule has 0 unspecified atom stereocenters. The molecule has 4 nitrogen and oxygen atoms in total. The number of anilines is 1. The summed E-state index contributed by atoms with van der Waals surface area (Å²) in [7, 11) is -3.29. The lowest BCUT2D eigenvalue weighted by atomic mass is 10.1. The summed E-state index contributed by atoms with van der Waals surface area (Å²) in [5, 5.41) is 0. The van der Waals surface area contributed by atoms with Crippen LogP contribution in [-0.4, -0.2) is 19.2 Å². The molecule has 0 fully saturated rings. The zero-order valence-corrected chi connectivity index (χ0v) is 11.5. The maximum Gasteiger partial charge on any atom is 0.232 e. The standard InChI is InChI=1S/C14H16N2O2S/c1-2-11-19(17,18)16-14-9-4-3-7-12(14)13-8-5-6-10-15-13/h3-10,16H,2,11H2,1H3. The highest BCUT2D eigenvalue weighted by Crippen LogP contribution is 2.26. The SMILES string of the molecule is CCCS(=O)(=O)Nc1ccccc1-c1ccccn1. The normalized spacial score (nSPS) is 11.2. The second-order valence-electron chi connectivity index (χ2n) is 4.18. The van der Waals surface area contributed by atoms with Gasteiger partial charge in [-0.1, -0.05) is 31.2 Å². The molecule has 1 aromatic heterocycles. The van der Waals surface area contributed by atoms with E-state index in [9.17, 15) is 8.42 Å². The van der Waals surface area contributed by atoms with Crippen molar-refractivity contribution in [2.75, 3.05) is 10.5 Å². The molecule has 1 N–H and O–H groups in total. The fourth-order valence-corrected chi connectivity index (χ4v) is 2.96. The molecule has 5 heteroatoms. The van der Waals surface area contributed by atoms with Crippen molar-refractivity contribution < 1.29 is 8.42 Å². The lowest BCUT2D eigenvalue weighted by molar-refractivity contribution is 0.600. The van der Waals surface area contributed by atoms with Crippen LogP contribution in [0.5, 0.6) is 0 Å². The minimum atomic E-state index is -3.29. The molecule has 100 valence electrons. The molecule has 0 amide bonds. The fourth-order valence-electron chi connectivity index (χ4n) is 1.80. The number of nitrogens with one attached hydrogen (secondary N) is 1. The Kier molecular flexibility index (Phi) is 4.16. The molecule has 0 saturated carbocycles. The molecule has 0 aliphatic heterocycles. The van der Waals surface area contributed by atoms with E-state index in [2.05, 4.69) is 9.71 Å². The number of rotatable bonds is 5. The van der Waals surface area contributed by atoms with Crippen LogP contribution in [0.1, 0.15) is 13.3 Å². The van der Waals surface area contributed by atoms with Gasteiger partial charge in [-0.2, -0.15) is 0 Å². The van der Waals surface area contributed by atoms with Crippen molar-refractivity contribution in [2.24, 2.45) is 0 Å². The number of para-hydroxylation sites is 1. The van der Waals surface area contributed by atoms with Crippen molar-refractivity contribution in [3.63, 3.8) is 0 Å². The van der Waals surface area contributed by atoms with Crippen LogP contribution in [0.15, 0.2) is 48.7 Å². The quantitative estimate of drug-likeness (QED) is 0.913. The van der Waals surface area contributed by atoms with Crippen molar-refractivity contribution in [3.8, 4) is 11.3 Å². The van der Waals surface area contributed by atoms with Crippen molar-refractivity contribution in [1.29, 1.82) is 0 Å². The molecule has 19 heavy (non-hydrogen) atoms. The second-order valence-corrected chi connectivity index (χ2v) is 6.02. The first-order chi connectivity index (χ1) is 9.12. The molecular formula is C14H16N2O2S. The van der Waals surface area contributed by atoms with Gasteiger partial charge in [0.2, 0.25) is 10.0 Å². The van der Waals surface area contributed by atoms with Gasteiger partial charge in [-0.3, -0.25) is 9.71 Å². The molecule has 0 aliphatic carbocycles. The first-order valence-corrected chi connectivity index (χ1v) is 7.78. The van der Waals surface area contributed by atoms with Crippen LogP contribution in [0.25, 0.3) is 11.3 Å². The summed E-state index contributed by atoms with van der Waals surface area (Å²) < 4.78 is 26.3. The predicted octanol–water partition coefficient (Wildman–Crippen LogP) is 2.90. The van der Waals surface area contributed by atoms with Crippen molar-refractivity contribution in [3.05, 3.63) is 48.7 Å². The van der Waals surface area contributed by atoms with Crippen molar-refractivity contribution in [1.82, 2.24) is 4.98 Å². The molecule has 0 atom stereocenters. The number of hydrogen-bond acceptors (Lipinski definition) is 3. The van der Waals surface area contributed by atoms with Gasteiger partial charge in [-0.25, -0.2) is 8.42 Å². The highest BCUT2D eigenvalue weighted by molar-refractivity contribution is 7.92. The number of pyridine rings is 1. The Morgan fingerprint density at radius 1 is 1.11 bits per heavy atom. The van der Waals surface area contributed by atoms with E-state index in [-0.39, 0.29) is 5.75 Å². The van der Waals surface area contributed by atoms with Crippen LogP contribution in [0, 0.1) is 0 Å². The second kappa shape index (κ2) is 5.84. The molecular weight excluding hydrogens is 260 g/mol. The molecule has 2 rings (SSSR count). The van der Waals surface area contributed by atoms with Gasteiger partial charge < -0.3 is 0 Å². The van der Waals surface area contributed by atoms with Crippen LogP contribution in [0.3, 0.4) is 0 Å². The minimum Gasteiger partial charge on any atom is -0.283 e. The van der Waals surface area contributed by atoms with Gasteiger partial charge in [0.1, 0.15) is 0 Å². The summed E-state index contributed by atoms with van der Waals surface area (Å²) in [5.41, 5.74) is 2.09. The van der Waals surface area contributed by atoms with Gasteiger partial charge in [-0.05, 0) is 24.6 Å². The van der Waals surface area contributed by atoms with Gasteiger partial charge in [0, 0.05) is 11.8 Å². The van der Waals surface area contributed by atoms with Gasteiger partial charge in [0.15, 0.2) is 0 Å². The third-order valence-electron chi connectivity index (χ3n) is 2.61. The zero-order valence-electron chi connectivity index (χ0n) is 10.7. The Balaban J connectivity index is 2.38. The summed E-state index contributed by atoms with van der Waals surface area (Å²) in [6, 6.07) is 12.8. The summed E-state index contributed by atoms with van der Waals surface area (Å²) in [4.78, 5) is 4.25. The Labute approximate surface area is 113 Å². The summed E-state index contributed by atoms with van der Waals surface area (Å²) in [6.45, 7) is 1.84. The third kappa shape index (κ3) is 3.54. The Bertz CT molecular complexity index is 640. The Morgan fingerprint density at radius 2 is 1.84 bits per heavy atom. The number of sulfonamides is 1. The van der Waals surface area contributed by atoms with Crippen LogP contribution >= 0.6 is 0 Å². The van der Waals surface area contributed by atoms with E-state index in [1.165, 1.54) is 0 Å².